The van der Waals surface area contributed by atoms with Crippen molar-refractivity contribution >= 4 is 29.1 Å². The Morgan fingerprint density at radius 1 is 0.966 bits per heavy atom. The summed E-state index contributed by atoms with van der Waals surface area (Å²) in [5.41, 5.74) is 2.95. The first-order valence-electron chi connectivity index (χ1n) is 9.98. The minimum atomic E-state index is -0.183. The third-order valence-electron chi connectivity index (χ3n) is 4.57. The highest BCUT2D eigenvalue weighted by Gasteiger charge is 2.17. The van der Waals surface area contributed by atoms with E-state index in [-0.39, 0.29) is 30.9 Å². The minimum absolute atomic E-state index is 0.0830. The van der Waals surface area contributed by atoms with Gasteiger partial charge in [-0.2, -0.15) is 0 Å². The van der Waals surface area contributed by atoms with Crippen LogP contribution in [-0.4, -0.2) is 32.0 Å². The Morgan fingerprint density at radius 3 is 2.21 bits per heavy atom. The lowest BCUT2D eigenvalue weighted by Crippen LogP contribution is -3.11. The molecule has 0 heterocycles. The van der Waals surface area contributed by atoms with Crippen LogP contribution in [0, 0.1) is 5.92 Å². The van der Waals surface area contributed by atoms with Crippen LogP contribution in [0.1, 0.15) is 37.9 Å². The average Bonchev–Trinajstić information content (AvgIpc) is 2.63. The zero-order valence-corrected chi connectivity index (χ0v) is 18.3. The fraction of sp³-hybridized carbons (Fsp3) is 0.391. The molecule has 3 N–H and O–H groups in total. The lowest BCUT2D eigenvalue weighted by atomic mass is 10.00. The highest BCUT2D eigenvalue weighted by atomic mass is 35.5. The maximum Gasteiger partial charge on any atom is 0.279 e. The van der Waals surface area contributed by atoms with Crippen molar-refractivity contribution < 1.29 is 14.5 Å². The van der Waals surface area contributed by atoms with Gasteiger partial charge in [-0.05, 0) is 42.5 Å². The van der Waals surface area contributed by atoms with Crippen molar-refractivity contribution in [3.63, 3.8) is 0 Å². The number of para-hydroxylation sites is 1. The van der Waals surface area contributed by atoms with E-state index < -0.39 is 0 Å². The highest BCUT2D eigenvalue weighted by Crippen LogP contribution is 2.20. The second-order valence-corrected chi connectivity index (χ2v) is 8.37. The lowest BCUT2D eigenvalue weighted by Gasteiger charge is -2.18. The lowest BCUT2D eigenvalue weighted by molar-refractivity contribution is -0.862. The molecule has 2 amide bonds. The topological polar surface area (TPSA) is 62.6 Å². The van der Waals surface area contributed by atoms with Gasteiger partial charge in [-0.25, -0.2) is 0 Å². The van der Waals surface area contributed by atoms with Crippen molar-refractivity contribution in [1.29, 1.82) is 0 Å². The quantitative estimate of drug-likeness (QED) is 0.588. The van der Waals surface area contributed by atoms with Crippen LogP contribution >= 0.6 is 11.6 Å². The number of carbonyl (C=O) groups excluding carboxylic acids is 2. The molecule has 0 aliphatic carbocycles. The van der Waals surface area contributed by atoms with Crippen molar-refractivity contribution in [3.8, 4) is 0 Å². The Kier molecular flexibility index (Phi) is 8.68. The Morgan fingerprint density at radius 2 is 1.59 bits per heavy atom. The fourth-order valence-electron chi connectivity index (χ4n) is 3.16. The summed E-state index contributed by atoms with van der Waals surface area (Å²) < 4.78 is 0. The van der Waals surface area contributed by atoms with E-state index in [1.807, 2.05) is 20.0 Å². The predicted octanol–water partition coefficient (Wildman–Crippen LogP) is 2.87. The number of quaternary nitrogens is 1. The van der Waals surface area contributed by atoms with Gasteiger partial charge >= 0.3 is 0 Å². The van der Waals surface area contributed by atoms with Crippen LogP contribution in [-0.2, 0) is 16.0 Å². The van der Waals surface area contributed by atoms with Crippen molar-refractivity contribution in [3.05, 3.63) is 64.7 Å². The number of benzene rings is 2. The number of rotatable bonds is 9. The van der Waals surface area contributed by atoms with E-state index in [0.29, 0.717) is 16.6 Å². The van der Waals surface area contributed by atoms with E-state index in [1.54, 1.807) is 18.2 Å². The van der Waals surface area contributed by atoms with Crippen molar-refractivity contribution in [2.24, 2.45) is 5.92 Å². The van der Waals surface area contributed by atoms with E-state index in [9.17, 15) is 9.59 Å². The summed E-state index contributed by atoms with van der Waals surface area (Å²) in [6, 6.07) is 15.4. The average molecular weight is 417 g/mol. The molecule has 0 saturated carbocycles. The molecular weight excluding hydrogens is 386 g/mol. The summed E-state index contributed by atoms with van der Waals surface area (Å²) in [4.78, 5) is 25.3. The normalized spacial score (nSPS) is 13.0. The Bertz CT molecular complexity index is 821. The molecular formula is C23H31ClN3O2+. The molecule has 5 nitrogen and oxygen atoms in total. The molecule has 0 aromatic heterocycles. The summed E-state index contributed by atoms with van der Waals surface area (Å²) in [5, 5.41) is 6.27. The smallest absolute Gasteiger partial charge is 0.279 e. The summed E-state index contributed by atoms with van der Waals surface area (Å²) in [6.45, 7) is 6.76. The first kappa shape index (κ1) is 22.9. The van der Waals surface area contributed by atoms with Gasteiger partial charge in [0, 0.05) is 0 Å². The number of anilines is 1. The van der Waals surface area contributed by atoms with Gasteiger partial charge in [-0.1, -0.05) is 61.8 Å². The third-order valence-corrected chi connectivity index (χ3v) is 4.90. The predicted molar refractivity (Wildman–Crippen MR) is 118 cm³/mol. The van der Waals surface area contributed by atoms with Crippen LogP contribution in [0.3, 0.4) is 0 Å². The minimum Gasteiger partial charge on any atom is -0.345 e. The molecule has 0 saturated heterocycles. The van der Waals surface area contributed by atoms with E-state index in [1.165, 1.54) is 5.56 Å². The van der Waals surface area contributed by atoms with Gasteiger partial charge in [-0.3, -0.25) is 9.59 Å². The number of hydrogen-bond acceptors (Lipinski definition) is 2. The van der Waals surface area contributed by atoms with Gasteiger partial charge in [0.1, 0.15) is 0 Å². The number of likely N-dealkylation sites (N-methyl/N-ethyl adjacent to an activating group) is 1. The SMILES string of the molecule is CC(C)Cc1ccc([C@H](C)NC(=O)C[NH+](C)CC(=O)Nc2ccccc2Cl)cc1. The molecule has 0 bridgehead atoms. The summed E-state index contributed by atoms with van der Waals surface area (Å²) in [5.74, 6) is 0.343. The number of amides is 2. The number of hydrogen-bond donors (Lipinski definition) is 3. The van der Waals surface area contributed by atoms with Crippen LogP contribution < -0.4 is 15.5 Å². The maximum absolute atomic E-state index is 12.4. The van der Waals surface area contributed by atoms with Gasteiger partial charge in [0.05, 0.1) is 23.8 Å². The largest absolute Gasteiger partial charge is 0.345 e. The molecule has 2 aromatic rings. The van der Waals surface area contributed by atoms with E-state index >= 15 is 0 Å². The summed E-state index contributed by atoms with van der Waals surface area (Å²) in [7, 11) is 1.82. The molecule has 0 aliphatic rings. The van der Waals surface area contributed by atoms with Crippen molar-refractivity contribution in [2.45, 2.75) is 33.2 Å². The standard InChI is InChI=1S/C23H30ClN3O2/c1-16(2)13-18-9-11-19(12-10-18)17(3)25-22(28)14-27(4)15-23(29)26-21-8-6-5-7-20(21)24/h5-12,16-17H,13-15H2,1-4H3,(H,25,28)(H,26,29)/p+1/t17-/m0/s1. The second-order valence-electron chi connectivity index (χ2n) is 7.97. The zero-order chi connectivity index (χ0) is 21.4. The number of halogens is 1. The summed E-state index contributed by atoms with van der Waals surface area (Å²) >= 11 is 6.05. The molecule has 2 rings (SSSR count). The van der Waals surface area contributed by atoms with Gasteiger partial charge < -0.3 is 15.5 Å². The fourth-order valence-corrected chi connectivity index (χ4v) is 3.34. The van der Waals surface area contributed by atoms with Gasteiger partial charge in [0.25, 0.3) is 11.8 Å². The van der Waals surface area contributed by atoms with Crippen LogP contribution in [0.4, 0.5) is 5.69 Å². The number of carbonyl (C=O) groups is 2. The Balaban J connectivity index is 1.80. The third kappa shape index (κ3) is 7.87. The van der Waals surface area contributed by atoms with Crippen LogP contribution in [0.2, 0.25) is 5.02 Å². The molecule has 156 valence electrons. The second kappa shape index (κ2) is 11.0. The first-order chi connectivity index (χ1) is 13.7. The van der Waals surface area contributed by atoms with Gasteiger partial charge in [0.15, 0.2) is 13.1 Å². The van der Waals surface area contributed by atoms with Crippen molar-refractivity contribution in [1.82, 2.24) is 5.32 Å². The maximum atomic E-state index is 12.4. The molecule has 1 unspecified atom stereocenters. The van der Waals surface area contributed by atoms with Gasteiger partial charge in [-0.15, -0.1) is 0 Å². The molecule has 2 atom stereocenters. The highest BCUT2D eigenvalue weighted by molar-refractivity contribution is 6.33. The molecule has 0 radical (unpaired) electrons. The molecule has 0 fully saturated rings. The van der Waals surface area contributed by atoms with Crippen LogP contribution in [0.15, 0.2) is 48.5 Å². The monoisotopic (exact) mass is 416 g/mol. The van der Waals surface area contributed by atoms with Crippen LogP contribution in [0.25, 0.3) is 0 Å². The molecule has 0 aliphatic heterocycles. The van der Waals surface area contributed by atoms with E-state index in [4.69, 9.17) is 11.6 Å². The Hall–Kier alpha value is -2.37. The van der Waals surface area contributed by atoms with E-state index in [0.717, 1.165) is 16.9 Å². The molecule has 29 heavy (non-hydrogen) atoms. The Labute approximate surface area is 178 Å². The van der Waals surface area contributed by atoms with Crippen LogP contribution in [0.5, 0.6) is 0 Å². The zero-order valence-electron chi connectivity index (χ0n) is 17.6. The molecule has 6 heteroatoms. The molecule has 0 spiro atoms. The van der Waals surface area contributed by atoms with Gasteiger partial charge in [0.2, 0.25) is 0 Å². The molecule has 2 aromatic carbocycles. The van der Waals surface area contributed by atoms with E-state index in [2.05, 4.69) is 48.7 Å². The summed E-state index contributed by atoms with van der Waals surface area (Å²) in [6.07, 6.45) is 1.05. The first-order valence-corrected chi connectivity index (χ1v) is 10.4. The van der Waals surface area contributed by atoms with Crippen molar-refractivity contribution in [2.75, 3.05) is 25.5 Å². The number of nitrogens with one attached hydrogen (secondary N) is 3.